The van der Waals surface area contributed by atoms with E-state index in [4.69, 9.17) is 0 Å². The first-order valence-electron chi connectivity index (χ1n) is 20.0. The van der Waals surface area contributed by atoms with Crippen molar-refractivity contribution in [2.45, 2.75) is 213 Å². The van der Waals surface area contributed by atoms with Crippen LogP contribution in [0, 0.1) is 0 Å². The topological polar surface area (TPSA) is 199 Å². The van der Waals surface area contributed by atoms with Gasteiger partial charge in [-0.2, -0.15) is 0 Å². The van der Waals surface area contributed by atoms with E-state index in [1.807, 2.05) is 0 Å². The van der Waals surface area contributed by atoms with Gasteiger partial charge in [0.2, 0.25) is 31.2 Å². The fourth-order valence-corrected chi connectivity index (χ4v) is 6.22. The normalized spacial score (nSPS) is 11.4. The molecule has 0 unspecified atom stereocenters. The fraction of sp³-hybridized carbons (Fsp3) is 1.00. The molecular formula is C36H75NaO12S4. The fourth-order valence-electron chi connectivity index (χ4n) is 5.25. The van der Waals surface area contributed by atoms with Crippen molar-refractivity contribution >= 4 is 44.7 Å². The van der Waals surface area contributed by atoms with Crippen molar-refractivity contribution < 1.29 is 81.0 Å². The average Bonchev–Trinajstić information content (AvgIpc) is 3.04. The zero-order valence-electron chi connectivity index (χ0n) is 33.9. The molecule has 0 saturated heterocycles. The second-order valence-corrected chi connectivity index (χ2v) is 16.4. The van der Waals surface area contributed by atoms with Crippen molar-refractivity contribution in [1.29, 1.82) is 0 Å². The molecule has 0 bridgehead atoms. The van der Waals surface area contributed by atoms with Gasteiger partial charge in [-0.25, -0.2) is 25.3 Å². The van der Waals surface area contributed by atoms with Gasteiger partial charge in [0.15, 0.2) is 0 Å². The van der Waals surface area contributed by atoms with E-state index < -0.39 is 31.2 Å². The van der Waals surface area contributed by atoms with Gasteiger partial charge < -0.3 is 13.7 Å². The van der Waals surface area contributed by atoms with Crippen molar-refractivity contribution in [3.8, 4) is 0 Å². The second-order valence-electron chi connectivity index (χ2n) is 13.2. The Morgan fingerprint density at radius 2 is 0.434 bits per heavy atom. The van der Waals surface area contributed by atoms with Crippen LogP contribution in [0.4, 0.5) is 0 Å². The SMILES string of the molecule is CCCCCCCCCCCCOS(=O)(=O)[O-].CCCCCCCCCCCCOS(=O)(=O)[O-].CCCCCCCCCCCCOS(=O)(=O)[O-].[Na+].[S+2]. The van der Waals surface area contributed by atoms with Crippen molar-refractivity contribution in [3.05, 3.63) is 0 Å². The summed E-state index contributed by atoms with van der Waals surface area (Å²) in [6.45, 7) is 6.73. The maximum atomic E-state index is 10.1. The molecule has 0 aromatic heterocycles. The Balaban J connectivity index is -0.000000213. The monoisotopic (exact) mass is 850 g/mol. The van der Waals surface area contributed by atoms with Crippen LogP contribution >= 0.6 is 0 Å². The van der Waals surface area contributed by atoms with Crippen molar-refractivity contribution in [2.24, 2.45) is 0 Å². The van der Waals surface area contributed by atoms with Crippen molar-refractivity contribution in [1.82, 2.24) is 0 Å². The molecule has 4 radical (unpaired) electrons. The smallest absolute Gasteiger partial charge is 0.726 e. The summed E-state index contributed by atoms with van der Waals surface area (Å²) in [7, 11) is -13.5. The average molecular weight is 851 g/mol. The van der Waals surface area contributed by atoms with Gasteiger partial charge in [-0.05, 0) is 19.3 Å². The Bertz CT molecular complexity index is 887. The second kappa shape index (κ2) is 47.3. The van der Waals surface area contributed by atoms with Gasteiger partial charge in [-0.1, -0.05) is 194 Å². The van der Waals surface area contributed by atoms with E-state index >= 15 is 0 Å². The number of hydrogen-bond donors (Lipinski definition) is 0. The third-order valence-corrected chi connectivity index (χ3v) is 9.54. The van der Waals surface area contributed by atoms with Crippen LogP contribution in [0.15, 0.2) is 0 Å². The molecule has 0 atom stereocenters. The van der Waals surface area contributed by atoms with Crippen LogP contribution in [-0.4, -0.2) is 58.7 Å². The minimum absolute atomic E-state index is 0. The Morgan fingerprint density at radius 1 is 0.302 bits per heavy atom. The molecule has 0 N–H and O–H groups in total. The summed E-state index contributed by atoms with van der Waals surface area (Å²) in [4.78, 5) is 0. The summed E-state index contributed by atoms with van der Waals surface area (Å²) in [5.74, 6) is 0. The molecule has 0 aliphatic rings. The van der Waals surface area contributed by atoms with E-state index in [1.165, 1.54) is 135 Å². The number of unbranched alkanes of at least 4 members (excludes halogenated alkanes) is 27. The molecule has 316 valence electrons. The van der Waals surface area contributed by atoms with Crippen LogP contribution < -0.4 is 29.6 Å². The molecule has 0 rings (SSSR count). The Kier molecular flexibility index (Phi) is 56.4. The van der Waals surface area contributed by atoms with Crippen LogP contribution in [0.25, 0.3) is 0 Å². The molecular weight excluding hydrogens is 776 g/mol. The molecule has 0 spiro atoms. The predicted molar refractivity (Wildman–Crippen MR) is 210 cm³/mol. The van der Waals surface area contributed by atoms with Crippen molar-refractivity contribution in [2.75, 3.05) is 19.8 Å². The third kappa shape index (κ3) is 74.5. The quantitative estimate of drug-likeness (QED) is 0.0267. The summed E-state index contributed by atoms with van der Waals surface area (Å²) >= 11 is 0. The first-order valence-corrected chi connectivity index (χ1v) is 24.0. The minimum Gasteiger partial charge on any atom is -0.726 e. The van der Waals surface area contributed by atoms with E-state index in [0.29, 0.717) is 19.3 Å². The molecule has 0 saturated carbocycles. The third-order valence-electron chi connectivity index (χ3n) is 8.18. The molecule has 0 aliphatic heterocycles. The van der Waals surface area contributed by atoms with E-state index in [9.17, 15) is 38.9 Å². The Morgan fingerprint density at radius 3 is 0.566 bits per heavy atom. The molecule has 0 heterocycles. The van der Waals surface area contributed by atoms with Gasteiger partial charge in [-0.15, -0.1) is 0 Å². The number of rotatable bonds is 36. The van der Waals surface area contributed by atoms with Gasteiger partial charge in [0.25, 0.3) is 0 Å². The van der Waals surface area contributed by atoms with Gasteiger partial charge in [0.05, 0.1) is 19.8 Å². The molecule has 0 aliphatic carbocycles. The van der Waals surface area contributed by atoms with Gasteiger partial charge in [-0.3, -0.25) is 12.5 Å². The molecule has 0 amide bonds. The van der Waals surface area contributed by atoms with E-state index in [1.54, 1.807) is 0 Å². The zero-order valence-corrected chi connectivity index (χ0v) is 39.1. The van der Waals surface area contributed by atoms with Gasteiger partial charge in [0, 0.05) is 0 Å². The van der Waals surface area contributed by atoms with Gasteiger partial charge >= 0.3 is 43.1 Å². The van der Waals surface area contributed by atoms with E-state index in [-0.39, 0.29) is 62.9 Å². The molecule has 0 fully saturated rings. The maximum absolute atomic E-state index is 10.1. The first-order chi connectivity index (χ1) is 24.2. The summed E-state index contributed by atoms with van der Waals surface area (Å²) in [6, 6.07) is 0. The Hall–Kier alpha value is 0.960. The summed E-state index contributed by atoms with van der Waals surface area (Å²) in [5.41, 5.74) is 0. The molecule has 53 heavy (non-hydrogen) atoms. The molecule has 0 aromatic rings. The van der Waals surface area contributed by atoms with Crippen LogP contribution in [0.3, 0.4) is 0 Å². The van der Waals surface area contributed by atoms with E-state index in [0.717, 1.165) is 38.5 Å². The predicted octanol–water partition coefficient (Wildman–Crippen LogP) is 7.15. The minimum atomic E-state index is -4.48. The van der Waals surface area contributed by atoms with Crippen LogP contribution in [0.5, 0.6) is 0 Å². The zero-order chi connectivity index (χ0) is 39.0. The van der Waals surface area contributed by atoms with Gasteiger partial charge in [0.1, 0.15) is 0 Å². The summed E-state index contributed by atoms with van der Waals surface area (Å²) in [5, 5.41) is 0. The summed E-state index contributed by atoms with van der Waals surface area (Å²) < 4.78 is 103. The molecule has 0 aromatic carbocycles. The Labute approximate surface area is 356 Å². The molecule has 12 nitrogen and oxygen atoms in total. The van der Waals surface area contributed by atoms with Crippen molar-refractivity contribution in [3.63, 3.8) is 0 Å². The number of hydrogen-bond acceptors (Lipinski definition) is 12. The summed E-state index contributed by atoms with van der Waals surface area (Å²) in [6.07, 6.45) is 35.1. The van der Waals surface area contributed by atoms with Crippen LogP contribution in [-0.2, 0) is 57.2 Å². The first kappa shape index (κ1) is 63.1. The molecule has 17 heteroatoms. The van der Waals surface area contributed by atoms with Crippen LogP contribution in [0.2, 0.25) is 0 Å². The standard InChI is InChI=1S/3C12H26O4S.Na.S/c3*1-2-3-4-5-6-7-8-9-10-11-12-16-17(13,14)15;;/h3*2-12H2,1H3,(H,13,14,15);;/q;;;+1;+2/p-3. The largest absolute Gasteiger partial charge is 2.00 e. The van der Waals surface area contributed by atoms with Crippen LogP contribution in [0.1, 0.15) is 213 Å². The van der Waals surface area contributed by atoms with E-state index in [2.05, 4.69) is 33.3 Å². The maximum Gasteiger partial charge on any atom is 2.00 e.